The molecule has 0 atom stereocenters. The van der Waals surface area contributed by atoms with Crippen LogP contribution in [0.2, 0.25) is 0 Å². The summed E-state index contributed by atoms with van der Waals surface area (Å²) in [6, 6.07) is 10.3. The number of alkyl halides is 3. The van der Waals surface area contributed by atoms with Crippen molar-refractivity contribution >= 4 is 21.6 Å². The predicted molar refractivity (Wildman–Crippen MR) is 71.8 cm³/mol. The van der Waals surface area contributed by atoms with Gasteiger partial charge >= 0.3 is 6.36 Å². The first-order valence-electron chi connectivity index (χ1n) is 5.43. The molecule has 0 aliphatic heterocycles. The Kier molecular flexibility index (Phi) is 4.08. The lowest BCUT2D eigenvalue weighted by Gasteiger charge is -2.14. The van der Waals surface area contributed by atoms with Crippen molar-refractivity contribution in [3.05, 3.63) is 46.9 Å². The number of rotatable bonds is 3. The van der Waals surface area contributed by atoms with Crippen LogP contribution >= 0.6 is 15.9 Å². The van der Waals surface area contributed by atoms with E-state index in [0.717, 1.165) is 6.07 Å². The molecule has 0 unspecified atom stereocenters. The summed E-state index contributed by atoms with van der Waals surface area (Å²) in [5.41, 5.74) is 6.01. The maximum Gasteiger partial charge on any atom is 0.573 e. The molecule has 0 aliphatic rings. The largest absolute Gasteiger partial charge is 0.573 e. The Morgan fingerprint density at radius 1 is 0.950 bits per heavy atom. The van der Waals surface area contributed by atoms with Gasteiger partial charge in [0, 0.05) is 4.47 Å². The molecule has 0 saturated carbocycles. The van der Waals surface area contributed by atoms with E-state index in [0.29, 0.717) is 10.2 Å². The summed E-state index contributed by atoms with van der Waals surface area (Å²) in [7, 11) is 0. The van der Waals surface area contributed by atoms with E-state index in [1.807, 2.05) is 0 Å². The van der Waals surface area contributed by atoms with Crippen molar-refractivity contribution < 1.29 is 22.6 Å². The van der Waals surface area contributed by atoms with Gasteiger partial charge in [-0.25, -0.2) is 0 Å². The van der Waals surface area contributed by atoms with Gasteiger partial charge in [-0.2, -0.15) is 0 Å². The van der Waals surface area contributed by atoms with Gasteiger partial charge in [0.2, 0.25) is 0 Å². The molecule has 0 fully saturated rings. The van der Waals surface area contributed by atoms with Crippen LogP contribution in [0.4, 0.5) is 18.9 Å². The number of hydrogen-bond acceptors (Lipinski definition) is 3. The van der Waals surface area contributed by atoms with Crippen LogP contribution in [-0.2, 0) is 0 Å². The minimum Gasteiger partial charge on any atom is -0.451 e. The topological polar surface area (TPSA) is 44.5 Å². The van der Waals surface area contributed by atoms with Crippen LogP contribution in [0.25, 0.3) is 0 Å². The van der Waals surface area contributed by atoms with Crippen molar-refractivity contribution in [3.63, 3.8) is 0 Å². The molecule has 2 aromatic carbocycles. The van der Waals surface area contributed by atoms with E-state index in [-0.39, 0.29) is 11.5 Å². The van der Waals surface area contributed by atoms with E-state index in [1.165, 1.54) is 18.2 Å². The highest BCUT2D eigenvalue weighted by molar-refractivity contribution is 9.10. The van der Waals surface area contributed by atoms with Crippen molar-refractivity contribution in [2.45, 2.75) is 6.36 Å². The summed E-state index contributed by atoms with van der Waals surface area (Å²) < 4.78 is 46.9. The molecule has 0 aliphatic carbocycles. The van der Waals surface area contributed by atoms with Crippen LogP contribution in [0.5, 0.6) is 17.2 Å². The molecular formula is C13H9BrF3NO2. The third-order valence-corrected chi connectivity index (χ3v) is 2.76. The highest BCUT2D eigenvalue weighted by atomic mass is 79.9. The summed E-state index contributed by atoms with van der Waals surface area (Å²) in [4.78, 5) is 0. The third kappa shape index (κ3) is 3.80. The minimum absolute atomic E-state index is 0.0744. The zero-order valence-corrected chi connectivity index (χ0v) is 11.5. The fourth-order valence-electron chi connectivity index (χ4n) is 1.46. The van der Waals surface area contributed by atoms with E-state index < -0.39 is 12.1 Å². The number of anilines is 1. The molecule has 0 spiro atoms. The second-order valence-corrected chi connectivity index (χ2v) is 4.69. The molecule has 7 heteroatoms. The molecule has 20 heavy (non-hydrogen) atoms. The third-order valence-electron chi connectivity index (χ3n) is 2.27. The molecule has 3 nitrogen and oxygen atoms in total. The fourth-order valence-corrected chi connectivity index (χ4v) is 1.80. The number of benzene rings is 2. The lowest BCUT2D eigenvalue weighted by molar-refractivity contribution is -0.275. The Bertz CT molecular complexity index is 617. The summed E-state index contributed by atoms with van der Waals surface area (Å²) >= 11 is 3.23. The SMILES string of the molecule is Nc1ccc(Br)cc1Oc1ccccc1OC(F)(F)F. The zero-order chi connectivity index (χ0) is 14.8. The first kappa shape index (κ1) is 14.5. The van der Waals surface area contributed by atoms with Crippen LogP contribution in [-0.4, -0.2) is 6.36 Å². The number of ether oxygens (including phenoxy) is 2. The van der Waals surface area contributed by atoms with Crippen LogP contribution in [0.15, 0.2) is 46.9 Å². The summed E-state index contributed by atoms with van der Waals surface area (Å²) in [6.45, 7) is 0. The lowest BCUT2D eigenvalue weighted by atomic mass is 10.3. The standard InChI is InChI=1S/C13H9BrF3NO2/c14-8-5-6-9(18)12(7-8)19-10-3-1-2-4-11(10)20-13(15,16)17/h1-7H,18H2. The number of para-hydroxylation sites is 2. The van der Waals surface area contributed by atoms with E-state index in [1.54, 1.807) is 18.2 Å². The van der Waals surface area contributed by atoms with Gasteiger partial charge in [0.05, 0.1) is 5.69 Å². The van der Waals surface area contributed by atoms with Crippen molar-refractivity contribution in [2.75, 3.05) is 5.73 Å². The Hall–Kier alpha value is -1.89. The van der Waals surface area contributed by atoms with Crippen LogP contribution in [0, 0.1) is 0 Å². The molecule has 2 aromatic rings. The second-order valence-electron chi connectivity index (χ2n) is 3.78. The number of nitrogens with two attached hydrogens (primary N) is 1. The van der Waals surface area contributed by atoms with Gasteiger partial charge in [0.25, 0.3) is 0 Å². The monoisotopic (exact) mass is 347 g/mol. The fraction of sp³-hybridized carbons (Fsp3) is 0.0769. The summed E-state index contributed by atoms with van der Waals surface area (Å²) in [6.07, 6.45) is -4.79. The van der Waals surface area contributed by atoms with Gasteiger partial charge < -0.3 is 15.2 Å². The van der Waals surface area contributed by atoms with E-state index in [2.05, 4.69) is 20.7 Å². The lowest BCUT2D eigenvalue weighted by Crippen LogP contribution is -2.17. The van der Waals surface area contributed by atoms with E-state index in [9.17, 15) is 13.2 Å². The van der Waals surface area contributed by atoms with Gasteiger partial charge in [-0.15, -0.1) is 13.2 Å². The maximum absolute atomic E-state index is 12.3. The summed E-state index contributed by atoms with van der Waals surface area (Å²) in [5.74, 6) is -0.272. The molecule has 0 amide bonds. The Morgan fingerprint density at radius 3 is 2.25 bits per heavy atom. The van der Waals surface area contributed by atoms with Crippen LogP contribution in [0.1, 0.15) is 0 Å². The number of nitrogen functional groups attached to an aromatic ring is 1. The van der Waals surface area contributed by atoms with Gasteiger partial charge in [0.15, 0.2) is 17.2 Å². The van der Waals surface area contributed by atoms with Gasteiger partial charge in [-0.05, 0) is 30.3 Å². The highest BCUT2D eigenvalue weighted by Crippen LogP contribution is 2.37. The quantitative estimate of drug-likeness (QED) is 0.817. The first-order valence-corrected chi connectivity index (χ1v) is 6.22. The van der Waals surface area contributed by atoms with Gasteiger partial charge in [-0.1, -0.05) is 28.1 Å². The van der Waals surface area contributed by atoms with Crippen molar-refractivity contribution in [1.82, 2.24) is 0 Å². The van der Waals surface area contributed by atoms with Gasteiger partial charge in [-0.3, -0.25) is 0 Å². The zero-order valence-electron chi connectivity index (χ0n) is 9.95. The van der Waals surface area contributed by atoms with E-state index >= 15 is 0 Å². The second kappa shape index (κ2) is 5.62. The average molecular weight is 348 g/mol. The Labute approximate surface area is 121 Å². The molecule has 2 rings (SSSR count). The summed E-state index contributed by atoms with van der Waals surface area (Å²) in [5, 5.41) is 0. The first-order chi connectivity index (χ1) is 9.35. The molecule has 2 N–H and O–H groups in total. The number of halogens is 4. The molecule has 0 heterocycles. The van der Waals surface area contributed by atoms with Crippen molar-refractivity contribution in [3.8, 4) is 17.2 Å². The maximum atomic E-state index is 12.3. The molecule has 0 radical (unpaired) electrons. The van der Waals surface area contributed by atoms with Crippen molar-refractivity contribution in [2.24, 2.45) is 0 Å². The molecule has 0 aromatic heterocycles. The predicted octanol–water partition coefficient (Wildman–Crippen LogP) is 4.72. The Morgan fingerprint density at radius 2 is 1.60 bits per heavy atom. The molecule has 106 valence electrons. The van der Waals surface area contributed by atoms with Crippen LogP contribution < -0.4 is 15.2 Å². The normalized spacial score (nSPS) is 11.2. The molecular weight excluding hydrogens is 339 g/mol. The molecule has 0 bridgehead atoms. The Balaban J connectivity index is 2.32. The smallest absolute Gasteiger partial charge is 0.451 e. The van der Waals surface area contributed by atoms with Crippen molar-refractivity contribution in [1.29, 1.82) is 0 Å². The van der Waals surface area contributed by atoms with E-state index in [4.69, 9.17) is 10.5 Å². The van der Waals surface area contributed by atoms with Crippen LogP contribution in [0.3, 0.4) is 0 Å². The number of hydrogen-bond donors (Lipinski definition) is 1. The molecule has 0 saturated heterocycles. The average Bonchev–Trinajstić information content (AvgIpc) is 2.34. The highest BCUT2D eigenvalue weighted by Gasteiger charge is 2.32. The minimum atomic E-state index is -4.79. The van der Waals surface area contributed by atoms with Gasteiger partial charge in [0.1, 0.15) is 0 Å².